The van der Waals surface area contributed by atoms with Gasteiger partial charge < -0.3 is 4.74 Å². The van der Waals surface area contributed by atoms with Crippen molar-refractivity contribution in [2.75, 3.05) is 18.2 Å². The van der Waals surface area contributed by atoms with E-state index in [9.17, 15) is 9.59 Å². The normalized spacial score (nSPS) is 9.56. The first kappa shape index (κ1) is 14.6. The maximum absolute atomic E-state index is 11.3. The van der Waals surface area contributed by atoms with E-state index < -0.39 is 0 Å². The topological polar surface area (TPSA) is 43.4 Å². The Bertz CT molecular complexity index is 462. The van der Waals surface area contributed by atoms with Crippen molar-refractivity contribution in [1.82, 2.24) is 0 Å². The molecule has 94 valence electrons. The molecule has 0 fully saturated rings. The highest BCUT2D eigenvalue weighted by Crippen LogP contribution is 2.18. The Morgan fingerprint density at radius 2 is 2.00 bits per heavy atom. The predicted molar refractivity (Wildman–Crippen MR) is 72.0 cm³/mol. The molecule has 0 bridgehead atoms. The molecule has 0 radical (unpaired) electrons. The molecule has 0 aromatic heterocycles. The lowest BCUT2D eigenvalue weighted by molar-refractivity contribution is -0.138. The minimum Gasteiger partial charge on any atom is -0.452 e. The first-order valence-corrected chi connectivity index (χ1v) is 6.60. The molecule has 5 heteroatoms. The molecule has 18 heavy (non-hydrogen) atoms. The van der Waals surface area contributed by atoms with Crippen LogP contribution in [-0.4, -0.2) is 30.0 Å². The van der Waals surface area contributed by atoms with Crippen molar-refractivity contribution in [3.8, 4) is 12.3 Å². The number of ether oxygens (including phenoxy) is 1. The Labute approximate surface area is 115 Å². The molecule has 0 heterocycles. The first-order valence-electron chi connectivity index (χ1n) is 5.08. The second kappa shape index (κ2) is 7.80. The maximum atomic E-state index is 11.3. The number of carbonyl (C=O) groups excluding carboxylic acids is 2. The molecule has 0 saturated heterocycles. The summed E-state index contributed by atoms with van der Waals surface area (Å²) < 4.78 is 4.72. The number of benzene rings is 1. The molecule has 0 spiro atoms. The van der Waals surface area contributed by atoms with Crippen LogP contribution in [0.3, 0.4) is 0 Å². The molecule has 0 amide bonds. The molecule has 1 aromatic rings. The minimum atomic E-state index is -0.362. The van der Waals surface area contributed by atoms with E-state index in [1.165, 1.54) is 11.8 Å². The van der Waals surface area contributed by atoms with Crippen LogP contribution in [0.25, 0.3) is 0 Å². The lowest BCUT2D eigenvalue weighted by Gasteiger charge is -2.02. The molecule has 0 aliphatic heterocycles. The molecule has 0 N–H and O–H groups in total. The van der Waals surface area contributed by atoms with Crippen LogP contribution in [0.2, 0.25) is 0 Å². The SMILES string of the molecule is C#CCOC(=O)CSc1ccc(C(=O)CCl)cc1. The molecule has 0 unspecified atom stereocenters. The number of terminal acetylenes is 1. The molecule has 0 saturated carbocycles. The summed E-state index contributed by atoms with van der Waals surface area (Å²) in [6, 6.07) is 6.89. The van der Waals surface area contributed by atoms with Crippen LogP contribution in [0.5, 0.6) is 0 Å². The minimum absolute atomic E-state index is 0.0114. The van der Waals surface area contributed by atoms with Gasteiger partial charge in [0.2, 0.25) is 0 Å². The molecule has 1 rings (SSSR count). The number of rotatable bonds is 6. The van der Waals surface area contributed by atoms with E-state index in [0.717, 1.165) is 4.90 Å². The lowest BCUT2D eigenvalue weighted by atomic mass is 10.1. The third kappa shape index (κ3) is 4.82. The van der Waals surface area contributed by atoms with Gasteiger partial charge in [0.15, 0.2) is 12.4 Å². The van der Waals surface area contributed by atoms with E-state index in [-0.39, 0.29) is 30.0 Å². The number of carbonyl (C=O) groups is 2. The van der Waals surface area contributed by atoms with Gasteiger partial charge in [0.05, 0.1) is 11.6 Å². The molecule has 0 aliphatic rings. The van der Waals surface area contributed by atoms with Gasteiger partial charge in [-0.15, -0.1) is 29.8 Å². The van der Waals surface area contributed by atoms with Crippen LogP contribution < -0.4 is 0 Å². The van der Waals surface area contributed by atoms with E-state index in [4.69, 9.17) is 22.8 Å². The fourth-order valence-electron chi connectivity index (χ4n) is 1.12. The summed E-state index contributed by atoms with van der Waals surface area (Å²) in [7, 11) is 0. The van der Waals surface area contributed by atoms with E-state index >= 15 is 0 Å². The molecule has 1 aromatic carbocycles. The Morgan fingerprint density at radius 3 is 2.56 bits per heavy atom. The third-order valence-electron chi connectivity index (χ3n) is 1.97. The number of thioether (sulfide) groups is 1. The zero-order chi connectivity index (χ0) is 13.4. The molecule has 0 atom stereocenters. The monoisotopic (exact) mass is 282 g/mol. The summed E-state index contributed by atoms with van der Waals surface area (Å²) >= 11 is 6.77. The van der Waals surface area contributed by atoms with Crippen molar-refractivity contribution in [2.24, 2.45) is 0 Å². The second-order valence-electron chi connectivity index (χ2n) is 3.23. The van der Waals surface area contributed by atoms with Gasteiger partial charge in [-0.25, -0.2) is 0 Å². The highest BCUT2D eigenvalue weighted by molar-refractivity contribution is 8.00. The smallest absolute Gasteiger partial charge is 0.317 e. The lowest BCUT2D eigenvalue weighted by Crippen LogP contribution is -2.07. The first-order chi connectivity index (χ1) is 8.67. The van der Waals surface area contributed by atoms with Crippen LogP contribution in [0, 0.1) is 12.3 Å². The fourth-order valence-corrected chi connectivity index (χ4v) is 1.97. The summed E-state index contributed by atoms with van der Waals surface area (Å²) in [5, 5.41) is 0. The van der Waals surface area contributed by atoms with Gasteiger partial charge in [-0.3, -0.25) is 9.59 Å². The summed E-state index contributed by atoms with van der Waals surface area (Å²) in [6.45, 7) is -0.0114. The highest BCUT2D eigenvalue weighted by Gasteiger charge is 2.06. The number of halogens is 1. The van der Waals surface area contributed by atoms with Gasteiger partial charge in [0.1, 0.15) is 0 Å². The van der Waals surface area contributed by atoms with Crippen molar-refractivity contribution in [3.63, 3.8) is 0 Å². The van der Waals surface area contributed by atoms with Gasteiger partial charge in [0.25, 0.3) is 0 Å². The van der Waals surface area contributed by atoms with Crippen LogP contribution >= 0.6 is 23.4 Å². The zero-order valence-corrected chi connectivity index (χ0v) is 11.1. The summed E-state index contributed by atoms with van der Waals surface area (Å²) in [6.07, 6.45) is 4.97. The average molecular weight is 283 g/mol. The van der Waals surface area contributed by atoms with Gasteiger partial charge in [-0.1, -0.05) is 18.1 Å². The van der Waals surface area contributed by atoms with Gasteiger partial charge >= 0.3 is 5.97 Å². The second-order valence-corrected chi connectivity index (χ2v) is 4.55. The van der Waals surface area contributed by atoms with Gasteiger partial charge in [-0.05, 0) is 12.1 Å². The van der Waals surface area contributed by atoms with Crippen molar-refractivity contribution in [1.29, 1.82) is 0 Å². The fraction of sp³-hybridized carbons (Fsp3) is 0.231. The maximum Gasteiger partial charge on any atom is 0.317 e. The highest BCUT2D eigenvalue weighted by atomic mass is 35.5. The Hall–Kier alpha value is -1.44. The number of hydrogen-bond donors (Lipinski definition) is 0. The quantitative estimate of drug-likeness (QED) is 0.264. The van der Waals surface area contributed by atoms with Crippen LogP contribution in [0.15, 0.2) is 29.2 Å². The predicted octanol–water partition coefficient (Wildman–Crippen LogP) is 2.38. The molecular weight excluding hydrogens is 272 g/mol. The van der Waals surface area contributed by atoms with Crippen LogP contribution in [0.1, 0.15) is 10.4 Å². The number of hydrogen-bond acceptors (Lipinski definition) is 4. The van der Waals surface area contributed by atoms with Crippen LogP contribution in [0.4, 0.5) is 0 Å². The number of ketones is 1. The molecule has 0 aliphatic carbocycles. The van der Waals surface area contributed by atoms with E-state index in [1.54, 1.807) is 24.3 Å². The van der Waals surface area contributed by atoms with Crippen molar-refractivity contribution >= 4 is 35.1 Å². The Balaban J connectivity index is 2.47. The van der Waals surface area contributed by atoms with E-state index in [2.05, 4.69) is 5.92 Å². The van der Waals surface area contributed by atoms with Crippen molar-refractivity contribution < 1.29 is 14.3 Å². The van der Waals surface area contributed by atoms with Crippen molar-refractivity contribution in [2.45, 2.75) is 4.90 Å². The Kier molecular flexibility index (Phi) is 6.34. The largest absolute Gasteiger partial charge is 0.452 e. The van der Waals surface area contributed by atoms with E-state index in [1.807, 2.05) is 0 Å². The van der Waals surface area contributed by atoms with E-state index in [0.29, 0.717) is 5.56 Å². The number of Topliss-reactive ketones (excluding diaryl/α,β-unsaturated/α-hetero) is 1. The number of esters is 1. The number of alkyl halides is 1. The molecule has 3 nitrogen and oxygen atoms in total. The summed E-state index contributed by atoms with van der Waals surface area (Å²) in [5.74, 6) is 1.88. The van der Waals surface area contributed by atoms with Gasteiger partial charge in [0, 0.05) is 10.5 Å². The van der Waals surface area contributed by atoms with Crippen molar-refractivity contribution in [3.05, 3.63) is 29.8 Å². The molecular formula is C13H11ClO3S. The summed E-state index contributed by atoms with van der Waals surface area (Å²) in [5.41, 5.74) is 0.559. The average Bonchev–Trinajstić information content (AvgIpc) is 2.42. The summed E-state index contributed by atoms with van der Waals surface area (Å²) in [4.78, 5) is 23.3. The Morgan fingerprint density at radius 1 is 1.33 bits per heavy atom. The standard InChI is InChI=1S/C13H11ClO3S/c1-2-7-17-13(16)9-18-11-5-3-10(4-6-11)12(15)8-14/h1,3-6H,7-9H2. The zero-order valence-electron chi connectivity index (χ0n) is 9.52. The third-order valence-corrected chi connectivity index (χ3v) is 3.20. The van der Waals surface area contributed by atoms with Crippen LogP contribution in [-0.2, 0) is 9.53 Å². The van der Waals surface area contributed by atoms with Gasteiger partial charge in [-0.2, -0.15) is 0 Å².